The molecule has 1 aromatic carbocycles. The molecule has 0 bridgehead atoms. The molecule has 128 valence electrons. The number of hydrogen-bond acceptors (Lipinski definition) is 3. The maximum absolute atomic E-state index is 12.0. The van der Waals surface area contributed by atoms with E-state index < -0.39 is 0 Å². The molecule has 1 atom stereocenters. The molecule has 1 fully saturated rings. The van der Waals surface area contributed by atoms with Gasteiger partial charge in [-0.1, -0.05) is 26.0 Å². The molecule has 1 heterocycles. The summed E-state index contributed by atoms with van der Waals surface area (Å²) in [6.45, 7) is 7.23. The van der Waals surface area contributed by atoms with E-state index in [1.807, 2.05) is 29.2 Å². The van der Waals surface area contributed by atoms with Crippen LogP contribution in [-0.4, -0.2) is 44.3 Å². The molecule has 1 aliphatic rings. The summed E-state index contributed by atoms with van der Waals surface area (Å²) in [5, 5.41) is 2.98. The lowest BCUT2D eigenvalue weighted by Gasteiger charge is -2.18. The van der Waals surface area contributed by atoms with E-state index >= 15 is 0 Å². The van der Waals surface area contributed by atoms with Crippen LogP contribution in [0, 0.1) is 11.8 Å². The van der Waals surface area contributed by atoms with Crippen LogP contribution in [0.1, 0.15) is 26.7 Å². The molecule has 0 saturated carbocycles. The molecule has 1 unspecified atom stereocenters. The third-order valence-electron chi connectivity index (χ3n) is 4.09. The van der Waals surface area contributed by atoms with Gasteiger partial charge in [-0.2, -0.15) is 0 Å². The van der Waals surface area contributed by atoms with Crippen molar-refractivity contribution in [3.8, 4) is 11.5 Å². The number of nitrogens with zero attached hydrogens (tertiary/aromatic N) is 1. The van der Waals surface area contributed by atoms with Gasteiger partial charge < -0.3 is 19.7 Å². The Morgan fingerprint density at radius 2 is 2.09 bits per heavy atom. The molecule has 1 N–H and O–H groups in total. The third kappa shape index (κ3) is 5.34. The third-order valence-corrected chi connectivity index (χ3v) is 4.09. The van der Waals surface area contributed by atoms with Gasteiger partial charge in [-0.15, -0.1) is 0 Å². The summed E-state index contributed by atoms with van der Waals surface area (Å²) in [5.74, 6) is 2.52. The monoisotopic (exact) mass is 320 g/mol. The second-order valence-electron chi connectivity index (χ2n) is 6.47. The standard InChI is InChI=1S/C18H28N2O3/c1-14(2)12-19-18(21)20-10-8-15(13-20)9-11-23-17-7-5-4-6-16(17)22-3/h4-7,14-15H,8-13H2,1-3H3,(H,19,21). The molecule has 5 heteroatoms. The lowest BCUT2D eigenvalue weighted by molar-refractivity contribution is 0.203. The van der Waals surface area contributed by atoms with Crippen molar-refractivity contribution in [2.45, 2.75) is 26.7 Å². The number of methoxy groups -OCH3 is 1. The maximum atomic E-state index is 12.0. The second kappa shape index (κ2) is 8.65. The molecule has 5 nitrogen and oxygen atoms in total. The predicted molar refractivity (Wildman–Crippen MR) is 91.0 cm³/mol. The van der Waals surface area contributed by atoms with Gasteiger partial charge in [0.05, 0.1) is 13.7 Å². The Morgan fingerprint density at radius 1 is 1.35 bits per heavy atom. The zero-order valence-electron chi connectivity index (χ0n) is 14.4. The maximum Gasteiger partial charge on any atom is 0.317 e. The molecule has 2 rings (SSSR count). The quantitative estimate of drug-likeness (QED) is 0.839. The summed E-state index contributed by atoms with van der Waals surface area (Å²) in [6.07, 6.45) is 2.00. The van der Waals surface area contributed by atoms with Gasteiger partial charge in [-0.3, -0.25) is 0 Å². The van der Waals surface area contributed by atoms with Crippen LogP contribution in [0.2, 0.25) is 0 Å². The van der Waals surface area contributed by atoms with Crippen LogP contribution in [0.5, 0.6) is 11.5 Å². The molecule has 1 aliphatic heterocycles. The molecule has 0 aromatic heterocycles. The number of likely N-dealkylation sites (tertiary alicyclic amines) is 1. The number of urea groups is 1. The number of nitrogens with one attached hydrogen (secondary N) is 1. The van der Waals surface area contributed by atoms with Crippen molar-refractivity contribution >= 4 is 6.03 Å². The van der Waals surface area contributed by atoms with Gasteiger partial charge in [0.25, 0.3) is 0 Å². The van der Waals surface area contributed by atoms with Crippen LogP contribution in [0.3, 0.4) is 0 Å². The first kappa shape index (κ1) is 17.4. The number of benzene rings is 1. The first-order valence-electron chi connectivity index (χ1n) is 8.38. The van der Waals surface area contributed by atoms with Crippen LogP contribution >= 0.6 is 0 Å². The fraction of sp³-hybridized carbons (Fsp3) is 0.611. The first-order valence-corrected chi connectivity index (χ1v) is 8.38. The van der Waals surface area contributed by atoms with Gasteiger partial charge in [0.15, 0.2) is 11.5 Å². The van der Waals surface area contributed by atoms with Crippen molar-refractivity contribution in [2.75, 3.05) is 33.4 Å². The molecule has 2 amide bonds. The Balaban J connectivity index is 1.70. The van der Waals surface area contributed by atoms with Gasteiger partial charge in [-0.25, -0.2) is 4.79 Å². The largest absolute Gasteiger partial charge is 0.493 e. The number of carbonyl (C=O) groups is 1. The SMILES string of the molecule is COc1ccccc1OCCC1CCN(C(=O)NCC(C)C)C1. The van der Waals surface area contributed by atoms with E-state index in [-0.39, 0.29) is 6.03 Å². The van der Waals surface area contributed by atoms with Crippen molar-refractivity contribution in [1.29, 1.82) is 0 Å². The highest BCUT2D eigenvalue weighted by molar-refractivity contribution is 5.74. The summed E-state index contributed by atoms with van der Waals surface area (Å²) in [5.41, 5.74) is 0. The van der Waals surface area contributed by atoms with Gasteiger partial charge in [0.2, 0.25) is 0 Å². The van der Waals surface area contributed by atoms with Crippen molar-refractivity contribution in [3.05, 3.63) is 24.3 Å². The van der Waals surface area contributed by atoms with E-state index in [2.05, 4.69) is 19.2 Å². The summed E-state index contributed by atoms with van der Waals surface area (Å²) >= 11 is 0. The van der Waals surface area contributed by atoms with E-state index in [0.717, 1.165) is 44.0 Å². The molecule has 0 radical (unpaired) electrons. The van der Waals surface area contributed by atoms with Gasteiger partial charge >= 0.3 is 6.03 Å². The van der Waals surface area contributed by atoms with E-state index in [1.54, 1.807) is 7.11 Å². The lowest BCUT2D eigenvalue weighted by Crippen LogP contribution is -2.40. The molecule has 0 aliphatic carbocycles. The van der Waals surface area contributed by atoms with Gasteiger partial charge in [0.1, 0.15) is 0 Å². The summed E-state index contributed by atoms with van der Waals surface area (Å²) < 4.78 is 11.1. The fourth-order valence-electron chi connectivity index (χ4n) is 2.73. The minimum Gasteiger partial charge on any atom is -0.493 e. The topological polar surface area (TPSA) is 50.8 Å². The summed E-state index contributed by atoms with van der Waals surface area (Å²) in [6, 6.07) is 7.74. The molecule has 0 spiro atoms. The molecular weight excluding hydrogens is 292 g/mol. The van der Waals surface area contributed by atoms with E-state index in [1.165, 1.54) is 0 Å². The van der Waals surface area contributed by atoms with Crippen LogP contribution in [0.4, 0.5) is 4.79 Å². The van der Waals surface area contributed by atoms with Crippen molar-refractivity contribution in [2.24, 2.45) is 11.8 Å². The zero-order valence-corrected chi connectivity index (χ0v) is 14.4. The number of carbonyl (C=O) groups excluding carboxylic acids is 1. The van der Waals surface area contributed by atoms with Crippen molar-refractivity contribution in [3.63, 3.8) is 0 Å². The Morgan fingerprint density at radius 3 is 2.78 bits per heavy atom. The zero-order chi connectivity index (χ0) is 16.7. The van der Waals surface area contributed by atoms with E-state index in [0.29, 0.717) is 18.4 Å². The highest BCUT2D eigenvalue weighted by Gasteiger charge is 2.26. The average molecular weight is 320 g/mol. The predicted octanol–water partition coefficient (Wildman–Crippen LogP) is 3.15. The second-order valence-corrected chi connectivity index (χ2v) is 6.47. The molecule has 23 heavy (non-hydrogen) atoms. The molecule has 1 saturated heterocycles. The normalized spacial score (nSPS) is 17.4. The van der Waals surface area contributed by atoms with Crippen molar-refractivity contribution < 1.29 is 14.3 Å². The number of hydrogen-bond donors (Lipinski definition) is 1. The Hall–Kier alpha value is -1.91. The van der Waals surface area contributed by atoms with E-state index in [9.17, 15) is 4.79 Å². The smallest absolute Gasteiger partial charge is 0.317 e. The highest BCUT2D eigenvalue weighted by atomic mass is 16.5. The number of rotatable bonds is 7. The summed E-state index contributed by atoms with van der Waals surface area (Å²) in [7, 11) is 1.65. The lowest BCUT2D eigenvalue weighted by atomic mass is 10.1. The summed E-state index contributed by atoms with van der Waals surface area (Å²) in [4.78, 5) is 14.0. The highest BCUT2D eigenvalue weighted by Crippen LogP contribution is 2.27. The van der Waals surface area contributed by atoms with E-state index in [4.69, 9.17) is 9.47 Å². The minimum atomic E-state index is 0.0619. The van der Waals surface area contributed by atoms with Crippen LogP contribution in [0.15, 0.2) is 24.3 Å². The number of para-hydroxylation sites is 2. The molecular formula is C18H28N2O3. The average Bonchev–Trinajstić information content (AvgIpc) is 3.02. The van der Waals surface area contributed by atoms with Gasteiger partial charge in [-0.05, 0) is 36.8 Å². The van der Waals surface area contributed by atoms with Crippen LogP contribution in [0.25, 0.3) is 0 Å². The van der Waals surface area contributed by atoms with Crippen LogP contribution in [-0.2, 0) is 0 Å². The number of ether oxygens (including phenoxy) is 2. The van der Waals surface area contributed by atoms with Gasteiger partial charge in [0, 0.05) is 19.6 Å². The Labute approximate surface area is 139 Å². The minimum absolute atomic E-state index is 0.0619. The molecule has 1 aromatic rings. The van der Waals surface area contributed by atoms with Crippen LogP contribution < -0.4 is 14.8 Å². The Kier molecular flexibility index (Phi) is 6.56. The first-order chi connectivity index (χ1) is 11.1. The number of amides is 2. The fourth-order valence-corrected chi connectivity index (χ4v) is 2.73. The Bertz CT molecular complexity index is 505. The van der Waals surface area contributed by atoms with Crippen molar-refractivity contribution in [1.82, 2.24) is 10.2 Å².